The molecule has 3 nitrogen and oxygen atoms in total. The first kappa shape index (κ1) is 17.8. The van der Waals surface area contributed by atoms with Crippen molar-refractivity contribution in [2.75, 3.05) is 25.1 Å². The minimum Gasteiger partial charge on any atom is -0.309 e. The Hall–Kier alpha value is -0.280. The fourth-order valence-corrected chi connectivity index (χ4v) is 4.64. The van der Waals surface area contributed by atoms with E-state index in [9.17, 15) is 4.57 Å². The Morgan fingerprint density at radius 1 is 1.10 bits per heavy atom. The SMILES string of the molecule is CCOP(=O)(CCCCSc1ccccc1C)OCC. The van der Waals surface area contributed by atoms with Crippen LogP contribution in [0, 0.1) is 6.92 Å². The summed E-state index contributed by atoms with van der Waals surface area (Å²) >= 11 is 1.85. The van der Waals surface area contributed by atoms with Gasteiger partial charge in [0, 0.05) is 4.90 Å². The summed E-state index contributed by atoms with van der Waals surface area (Å²) in [6.07, 6.45) is 2.41. The van der Waals surface area contributed by atoms with Gasteiger partial charge < -0.3 is 9.05 Å². The lowest BCUT2D eigenvalue weighted by atomic mass is 10.2. The number of hydrogen-bond donors (Lipinski definition) is 0. The molecular formula is C15H25O3PS. The molecule has 0 aliphatic heterocycles. The van der Waals surface area contributed by atoms with Gasteiger partial charge in [0.1, 0.15) is 0 Å². The lowest BCUT2D eigenvalue weighted by Crippen LogP contribution is -2.00. The highest BCUT2D eigenvalue weighted by molar-refractivity contribution is 7.99. The molecule has 1 aromatic carbocycles. The second-order valence-corrected chi connectivity index (χ2v) is 7.81. The molecule has 114 valence electrons. The monoisotopic (exact) mass is 316 g/mol. The minimum atomic E-state index is -2.85. The van der Waals surface area contributed by atoms with Crippen molar-refractivity contribution < 1.29 is 13.6 Å². The standard InChI is InChI=1S/C15H25O3PS/c1-4-17-19(16,18-5-2)12-8-9-13-20-15-11-7-6-10-14(15)3/h6-7,10-11H,4-5,8-9,12-13H2,1-3H3. The summed E-state index contributed by atoms with van der Waals surface area (Å²) in [5.41, 5.74) is 1.31. The van der Waals surface area contributed by atoms with Crippen LogP contribution in [0.1, 0.15) is 32.3 Å². The Bertz CT molecular complexity index is 427. The first-order valence-corrected chi connectivity index (χ1v) is 9.89. The average Bonchev–Trinajstić information content (AvgIpc) is 2.41. The van der Waals surface area contributed by atoms with Crippen LogP contribution < -0.4 is 0 Å². The zero-order valence-electron chi connectivity index (χ0n) is 12.6. The van der Waals surface area contributed by atoms with E-state index in [0.29, 0.717) is 19.4 Å². The van der Waals surface area contributed by atoms with Gasteiger partial charge in [0.2, 0.25) is 0 Å². The van der Waals surface area contributed by atoms with Crippen LogP contribution in [0.2, 0.25) is 0 Å². The fraction of sp³-hybridized carbons (Fsp3) is 0.600. The molecule has 20 heavy (non-hydrogen) atoms. The molecule has 1 aromatic rings. The van der Waals surface area contributed by atoms with Gasteiger partial charge in [-0.2, -0.15) is 0 Å². The number of thioether (sulfide) groups is 1. The van der Waals surface area contributed by atoms with Gasteiger partial charge in [-0.3, -0.25) is 4.57 Å². The van der Waals surface area contributed by atoms with E-state index >= 15 is 0 Å². The molecule has 5 heteroatoms. The predicted octanol–water partition coefficient (Wildman–Crippen LogP) is 5.13. The highest BCUT2D eigenvalue weighted by Crippen LogP contribution is 2.48. The van der Waals surface area contributed by atoms with Crippen molar-refractivity contribution in [2.24, 2.45) is 0 Å². The summed E-state index contributed by atoms with van der Waals surface area (Å²) < 4.78 is 22.8. The molecule has 0 saturated heterocycles. The number of benzene rings is 1. The number of aryl methyl sites for hydroxylation is 1. The molecule has 0 aliphatic carbocycles. The van der Waals surface area contributed by atoms with E-state index < -0.39 is 7.60 Å². The Labute approximate surface area is 127 Å². The molecule has 0 unspecified atom stereocenters. The summed E-state index contributed by atoms with van der Waals surface area (Å²) in [6, 6.07) is 8.39. The largest absolute Gasteiger partial charge is 0.330 e. The molecule has 0 amide bonds. The zero-order chi connectivity index (χ0) is 14.8. The van der Waals surface area contributed by atoms with E-state index in [4.69, 9.17) is 9.05 Å². The Kier molecular flexibility index (Phi) is 8.55. The Balaban J connectivity index is 2.27. The molecule has 0 heterocycles. The molecule has 0 bridgehead atoms. The van der Waals surface area contributed by atoms with E-state index in [1.54, 1.807) is 0 Å². The number of hydrogen-bond acceptors (Lipinski definition) is 4. The third-order valence-electron chi connectivity index (χ3n) is 2.83. The molecular weight excluding hydrogens is 291 g/mol. The van der Waals surface area contributed by atoms with Crippen molar-refractivity contribution in [3.63, 3.8) is 0 Å². The highest BCUT2D eigenvalue weighted by Gasteiger charge is 2.22. The Morgan fingerprint density at radius 2 is 1.75 bits per heavy atom. The molecule has 0 saturated carbocycles. The zero-order valence-corrected chi connectivity index (χ0v) is 14.3. The van der Waals surface area contributed by atoms with Gasteiger partial charge in [0.25, 0.3) is 0 Å². The minimum absolute atomic E-state index is 0.440. The molecule has 1 rings (SSSR count). The number of unbranched alkanes of at least 4 members (excludes halogenated alkanes) is 1. The molecule has 0 spiro atoms. The van der Waals surface area contributed by atoms with Crippen molar-refractivity contribution in [3.05, 3.63) is 29.8 Å². The summed E-state index contributed by atoms with van der Waals surface area (Å²) in [7, 11) is -2.85. The predicted molar refractivity (Wildman–Crippen MR) is 86.9 cm³/mol. The second kappa shape index (κ2) is 9.62. The van der Waals surface area contributed by atoms with Crippen LogP contribution in [-0.4, -0.2) is 25.1 Å². The van der Waals surface area contributed by atoms with Crippen molar-refractivity contribution >= 4 is 19.4 Å². The molecule has 0 fully saturated rings. The van der Waals surface area contributed by atoms with Gasteiger partial charge in [-0.1, -0.05) is 18.2 Å². The van der Waals surface area contributed by atoms with Crippen molar-refractivity contribution in [1.82, 2.24) is 0 Å². The van der Waals surface area contributed by atoms with E-state index in [-0.39, 0.29) is 0 Å². The van der Waals surface area contributed by atoms with Crippen LogP contribution >= 0.6 is 19.4 Å². The van der Waals surface area contributed by atoms with E-state index in [2.05, 4.69) is 31.2 Å². The summed E-state index contributed by atoms with van der Waals surface area (Å²) in [6.45, 7) is 6.70. The van der Waals surface area contributed by atoms with Crippen LogP contribution in [0.25, 0.3) is 0 Å². The lowest BCUT2D eigenvalue weighted by molar-refractivity contribution is 0.219. The summed E-state index contributed by atoms with van der Waals surface area (Å²) in [5.74, 6) is 1.03. The Morgan fingerprint density at radius 3 is 2.35 bits per heavy atom. The first-order valence-electron chi connectivity index (χ1n) is 7.18. The maximum Gasteiger partial charge on any atom is 0.330 e. The second-order valence-electron chi connectivity index (χ2n) is 4.49. The van der Waals surface area contributed by atoms with Gasteiger partial charge in [-0.15, -0.1) is 11.8 Å². The highest BCUT2D eigenvalue weighted by atomic mass is 32.2. The third-order valence-corrected chi connectivity index (χ3v) is 6.26. The topological polar surface area (TPSA) is 35.5 Å². The maximum absolute atomic E-state index is 12.2. The van der Waals surface area contributed by atoms with Crippen LogP contribution in [0.5, 0.6) is 0 Å². The van der Waals surface area contributed by atoms with Gasteiger partial charge in [-0.25, -0.2) is 0 Å². The smallest absolute Gasteiger partial charge is 0.309 e. The maximum atomic E-state index is 12.2. The van der Waals surface area contributed by atoms with Gasteiger partial charge in [-0.05, 0) is 51.0 Å². The molecule has 0 radical (unpaired) electrons. The van der Waals surface area contributed by atoms with Gasteiger partial charge >= 0.3 is 7.60 Å². The first-order chi connectivity index (χ1) is 9.61. The fourth-order valence-electron chi connectivity index (χ4n) is 1.87. The third kappa shape index (κ3) is 6.45. The molecule has 0 aliphatic rings. The van der Waals surface area contributed by atoms with E-state index in [1.807, 2.05) is 25.6 Å². The molecule has 0 N–H and O–H groups in total. The molecule has 0 atom stereocenters. The normalized spacial score (nSPS) is 11.8. The van der Waals surface area contributed by atoms with Crippen LogP contribution in [0.4, 0.5) is 0 Å². The number of rotatable bonds is 10. The summed E-state index contributed by atoms with van der Waals surface area (Å²) in [5, 5.41) is 0. The average molecular weight is 316 g/mol. The van der Waals surface area contributed by atoms with Gasteiger partial charge in [0.05, 0.1) is 19.4 Å². The molecule has 0 aromatic heterocycles. The quantitative estimate of drug-likeness (QED) is 0.340. The lowest BCUT2D eigenvalue weighted by Gasteiger charge is -2.16. The van der Waals surface area contributed by atoms with Crippen molar-refractivity contribution in [1.29, 1.82) is 0 Å². The van der Waals surface area contributed by atoms with Crippen LogP contribution in [-0.2, 0) is 13.6 Å². The van der Waals surface area contributed by atoms with Gasteiger partial charge in [0.15, 0.2) is 0 Å². The summed E-state index contributed by atoms with van der Waals surface area (Å²) in [4.78, 5) is 1.32. The van der Waals surface area contributed by atoms with Crippen LogP contribution in [0.15, 0.2) is 29.2 Å². The van der Waals surface area contributed by atoms with Crippen molar-refractivity contribution in [3.8, 4) is 0 Å². The van der Waals surface area contributed by atoms with E-state index in [0.717, 1.165) is 18.6 Å². The van der Waals surface area contributed by atoms with Crippen LogP contribution in [0.3, 0.4) is 0 Å². The van der Waals surface area contributed by atoms with E-state index in [1.165, 1.54) is 10.5 Å². The van der Waals surface area contributed by atoms with Crippen molar-refractivity contribution in [2.45, 2.75) is 38.5 Å².